The summed E-state index contributed by atoms with van der Waals surface area (Å²) >= 11 is 0. The number of carbonyl (C=O) groups is 1. The SMILES string of the molecule is CN1CCC(Oc2cc(C3CC3)cn3cc(CN)nc23)C1=O. The highest BCUT2D eigenvalue weighted by molar-refractivity contribution is 5.83. The number of ether oxygens (including phenoxy) is 1. The lowest BCUT2D eigenvalue weighted by Crippen LogP contribution is -2.29. The van der Waals surface area contributed by atoms with Crippen molar-refractivity contribution in [2.75, 3.05) is 13.6 Å². The van der Waals surface area contributed by atoms with Gasteiger partial charge in [-0.25, -0.2) is 4.98 Å². The average Bonchev–Trinajstić information content (AvgIpc) is 3.22. The van der Waals surface area contributed by atoms with E-state index in [9.17, 15) is 4.79 Å². The van der Waals surface area contributed by atoms with Crippen molar-refractivity contribution >= 4 is 11.6 Å². The van der Waals surface area contributed by atoms with Crippen molar-refractivity contribution in [2.24, 2.45) is 5.73 Å². The lowest BCUT2D eigenvalue weighted by molar-refractivity contribution is -0.132. The number of carbonyl (C=O) groups excluding carboxylic acids is 1. The van der Waals surface area contributed by atoms with E-state index in [1.165, 1.54) is 18.4 Å². The zero-order chi connectivity index (χ0) is 15.3. The number of pyridine rings is 1. The quantitative estimate of drug-likeness (QED) is 0.923. The fraction of sp³-hybridized carbons (Fsp3) is 0.500. The third-order valence-corrected chi connectivity index (χ3v) is 4.49. The standard InChI is InChI=1S/C16H20N4O2/c1-19-5-4-13(16(19)21)22-14-6-11(10-2-3-10)8-20-9-12(7-17)18-15(14)20/h6,8-10,13H,2-5,7,17H2,1H3. The van der Waals surface area contributed by atoms with Crippen LogP contribution in [0.4, 0.5) is 0 Å². The summed E-state index contributed by atoms with van der Waals surface area (Å²) < 4.78 is 8.01. The van der Waals surface area contributed by atoms with Crippen LogP contribution in [0, 0.1) is 0 Å². The minimum Gasteiger partial charge on any atom is -0.477 e. The van der Waals surface area contributed by atoms with Crippen LogP contribution in [0.2, 0.25) is 0 Å². The average molecular weight is 300 g/mol. The Kier molecular flexibility index (Phi) is 3.07. The molecule has 1 amide bonds. The minimum absolute atomic E-state index is 0.0422. The van der Waals surface area contributed by atoms with Gasteiger partial charge in [0.05, 0.1) is 5.69 Å². The van der Waals surface area contributed by atoms with Crippen LogP contribution >= 0.6 is 0 Å². The van der Waals surface area contributed by atoms with Gasteiger partial charge in [0.15, 0.2) is 17.5 Å². The zero-order valence-electron chi connectivity index (χ0n) is 12.7. The molecule has 1 aliphatic heterocycles. The Bertz CT molecular complexity index is 735. The van der Waals surface area contributed by atoms with Gasteiger partial charge in [0.25, 0.3) is 5.91 Å². The molecule has 1 saturated heterocycles. The largest absolute Gasteiger partial charge is 0.477 e. The Morgan fingerprint density at radius 3 is 2.82 bits per heavy atom. The number of likely N-dealkylation sites (N-methyl/N-ethyl adjacent to an activating group) is 1. The molecule has 1 atom stereocenters. The second kappa shape index (κ2) is 4.98. The molecule has 116 valence electrons. The highest BCUT2D eigenvalue weighted by Crippen LogP contribution is 2.42. The van der Waals surface area contributed by atoms with Crippen LogP contribution < -0.4 is 10.5 Å². The van der Waals surface area contributed by atoms with Crippen molar-refractivity contribution in [3.05, 3.63) is 29.7 Å². The van der Waals surface area contributed by atoms with Gasteiger partial charge >= 0.3 is 0 Å². The van der Waals surface area contributed by atoms with Crippen LogP contribution in [-0.4, -0.2) is 39.9 Å². The van der Waals surface area contributed by atoms with Gasteiger partial charge < -0.3 is 19.8 Å². The van der Waals surface area contributed by atoms with Crippen molar-refractivity contribution in [1.29, 1.82) is 0 Å². The van der Waals surface area contributed by atoms with Crippen molar-refractivity contribution in [3.8, 4) is 5.75 Å². The molecule has 2 N–H and O–H groups in total. The summed E-state index contributed by atoms with van der Waals surface area (Å²) in [6, 6.07) is 2.05. The second-order valence-electron chi connectivity index (χ2n) is 6.23. The van der Waals surface area contributed by atoms with Crippen molar-refractivity contribution < 1.29 is 9.53 Å². The van der Waals surface area contributed by atoms with E-state index in [2.05, 4.69) is 11.2 Å². The molecule has 1 unspecified atom stereocenters. The fourth-order valence-electron chi connectivity index (χ4n) is 3.02. The monoisotopic (exact) mass is 300 g/mol. The van der Waals surface area contributed by atoms with Crippen LogP contribution in [0.15, 0.2) is 18.5 Å². The van der Waals surface area contributed by atoms with Crippen molar-refractivity contribution in [3.63, 3.8) is 0 Å². The Labute approximate surface area is 128 Å². The molecule has 6 heteroatoms. The first-order chi connectivity index (χ1) is 10.7. The van der Waals surface area contributed by atoms with Crippen molar-refractivity contribution in [2.45, 2.75) is 37.8 Å². The molecule has 6 nitrogen and oxygen atoms in total. The first kappa shape index (κ1) is 13.6. The number of nitrogens with two attached hydrogens (primary N) is 1. The Morgan fingerprint density at radius 1 is 1.36 bits per heavy atom. The topological polar surface area (TPSA) is 72.9 Å². The number of amides is 1. The smallest absolute Gasteiger partial charge is 0.263 e. The summed E-state index contributed by atoms with van der Waals surface area (Å²) in [6.07, 6.45) is 6.80. The second-order valence-corrected chi connectivity index (χ2v) is 6.23. The minimum atomic E-state index is -0.402. The molecule has 0 aromatic carbocycles. The van der Waals surface area contributed by atoms with E-state index < -0.39 is 6.10 Å². The molecule has 0 bridgehead atoms. The Morgan fingerprint density at radius 2 is 2.18 bits per heavy atom. The number of likely N-dealkylation sites (tertiary alicyclic amines) is 1. The molecule has 3 heterocycles. The van der Waals surface area contributed by atoms with Gasteiger partial charge in [0, 0.05) is 39.0 Å². The Balaban J connectivity index is 1.74. The predicted molar refractivity (Wildman–Crippen MR) is 81.7 cm³/mol. The van der Waals surface area contributed by atoms with E-state index in [4.69, 9.17) is 10.5 Å². The maximum atomic E-state index is 12.1. The number of hydrogen-bond acceptors (Lipinski definition) is 4. The van der Waals surface area contributed by atoms with Gasteiger partial charge in [-0.05, 0) is 30.4 Å². The fourth-order valence-corrected chi connectivity index (χ4v) is 3.02. The van der Waals surface area contributed by atoms with Gasteiger partial charge in [-0.3, -0.25) is 4.79 Å². The highest BCUT2D eigenvalue weighted by Gasteiger charge is 2.32. The summed E-state index contributed by atoms with van der Waals surface area (Å²) in [7, 11) is 1.81. The van der Waals surface area contributed by atoms with Gasteiger partial charge in [0.1, 0.15) is 0 Å². The van der Waals surface area contributed by atoms with Gasteiger partial charge in [-0.1, -0.05) is 0 Å². The molecule has 2 fully saturated rings. The third kappa shape index (κ3) is 2.23. The van der Waals surface area contributed by atoms with Gasteiger partial charge in [0.2, 0.25) is 0 Å². The molecular formula is C16H20N4O2. The molecule has 1 saturated carbocycles. The molecule has 0 spiro atoms. The third-order valence-electron chi connectivity index (χ3n) is 4.49. The normalized spacial score (nSPS) is 21.8. The lowest BCUT2D eigenvalue weighted by atomic mass is 10.2. The molecule has 1 aliphatic carbocycles. The number of aromatic nitrogens is 2. The summed E-state index contributed by atoms with van der Waals surface area (Å²) in [6.45, 7) is 1.13. The predicted octanol–water partition coefficient (Wildman–Crippen LogP) is 1.28. The van der Waals surface area contributed by atoms with Crippen molar-refractivity contribution in [1.82, 2.24) is 14.3 Å². The summed E-state index contributed by atoms with van der Waals surface area (Å²) in [5.41, 5.74) is 8.52. The molecule has 22 heavy (non-hydrogen) atoms. The number of fused-ring (bicyclic) bond motifs is 1. The van der Waals surface area contributed by atoms with E-state index >= 15 is 0 Å². The highest BCUT2D eigenvalue weighted by atomic mass is 16.5. The number of imidazole rings is 1. The Hall–Kier alpha value is -2.08. The first-order valence-electron chi connectivity index (χ1n) is 7.79. The van der Waals surface area contributed by atoms with Crippen LogP contribution in [0.5, 0.6) is 5.75 Å². The summed E-state index contributed by atoms with van der Waals surface area (Å²) in [5, 5.41) is 0. The first-order valence-corrected chi connectivity index (χ1v) is 7.79. The molecular weight excluding hydrogens is 280 g/mol. The summed E-state index contributed by atoms with van der Waals surface area (Å²) in [4.78, 5) is 18.3. The van der Waals surface area contributed by atoms with E-state index in [1.807, 2.05) is 23.7 Å². The maximum Gasteiger partial charge on any atom is 0.263 e. The molecule has 2 aromatic rings. The van der Waals surface area contributed by atoms with E-state index in [1.54, 1.807) is 4.90 Å². The number of hydrogen-bond donors (Lipinski definition) is 1. The van der Waals surface area contributed by atoms with Crippen LogP contribution in [0.3, 0.4) is 0 Å². The van der Waals surface area contributed by atoms with Crippen LogP contribution in [0.25, 0.3) is 5.65 Å². The van der Waals surface area contributed by atoms with Gasteiger partial charge in [-0.15, -0.1) is 0 Å². The van der Waals surface area contributed by atoms with E-state index in [-0.39, 0.29) is 5.91 Å². The number of nitrogens with zero attached hydrogens (tertiary/aromatic N) is 3. The maximum absolute atomic E-state index is 12.1. The van der Waals surface area contributed by atoms with Crippen LogP contribution in [0.1, 0.15) is 36.4 Å². The van der Waals surface area contributed by atoms with Crippen LogP contribution in [-0.2, 0) is 11.3 Å². The van der Waals surface area contributed by atoms with Gasteiger partial charge in [-0.2, -0.15) is 0 Å². The number of rotatable bonds is 4. The van der Waals surface area contributed by atoms with E-state index in [0.29, 0.717) is 18.2 Å². The molecule has 4 rings (SSSR count). The molecule has 0 radical (unpaired) electrons. The van der Waals surface area contributed by atoms with E-state index in [0.717, 1.165) is 24.3 Å². The lowest BCUT2D eigenvalue weighted by Gasteiger charge is -2.14. The molecule has 2 aromatic heterocycles. The summed E-state index contributed by atoms with van der Waals surface area (Å²) in [5.74, 6) is 1.34. The zero-order valence-corrected chi connectivity index (χ0v) is 12.7. The molecule has 2 aliphatic rings.